The third-order valence-corrected chi connectivity index (χ3v) is 7.47. The van der Waals surface area contributed by atoms with Crippen molar-refractivity contribution in [3.63, 3.8) is 0 Å². The molecule has 5 rings (SSSR count). The number of hydrogen-bond acceptors (Lipinski definition) is 9. The molecular weight excluding hydrogens is 524 g/mol. The summed E-state index contributed by atoms with van der Waals surface area (Å²) in [4.78, 5) is 30.7. The molecule has 2 aliphatic heterocycles. The van der Waals surface area contributed by atoms with Crippen molar-refractivity contribution in [3.05, 3.63) is 84.4 Å². The smallest absolute Gasteiger partial charge is 0.254 e. The number of rotatable bonds is 9. The van der Waals surface area contributed by atoms with E-state index in [1.54, 1.807) is 53.6 Å². The van der Waals surface area contributed by atoms with Crippen LogP contribution in [0.3, 0.4) is 0 Å². The van der Waals surface area contributed by atoms with Gasteiger partial charge >= 0.3 is 0 Å². The van der Waals surface area contributed by atoms with Crippen LogP contribution in [-0.4, -0.2) is 69.4 Å². The van der Waals surface area contributed by atoms with Crippen LogP contribution in [0.4, 0.5) is 17.1 Å². The Balaban J connectivity index is 1.57. The first-order valence-electron chi connectivity index (χ1n) is 13.2. The lowest BCUT2D eigenvalue weighted by molar-refractivity contribution is -0.123. The van der Waals surface area contributed by atoms with E-state index in [0.717, 1.165) is 5.69 Å². The number of nitrogens with zero attached hydrogens (tertiary/aromatic N) is 3. The Bertz CT molecular complexity index is 1420. The molecular formula is C31H34N4O6. The van der Waals surface area contributed by atoms with Gasteiger partial charge in [0.25, 0.3) is 5.91 Å². The number of nitrogens with one attached hydrogen (secondary N) is 1. The zero-order valence-electron chi connectivity index (χ0n) is 23.6. The maximum absolute atomic E-state index is 14.0. The molecule has 1 fully saturated rings. The molecule has 2 aliphatic rings. The fraction of sp³-hybridized carbons (Fsp3) is 0.290. The predicted octanol–water partition coefficient (Wildman–Crippen LogP) is 3.64. The van der Waals surface area contributed by atoms with Crippen molar-refractivity contribution in [1.29, 1.82) is 0 Å². The number of hydrazine groups is 1. The second-order valence-corrected chi connectivity index (χ2v) is 10.1. The lowest BCUT2D eigenvalue weighted by Gasteiger charge is -2.40. The molecule has 2 heterocycles. The molecule has 2 N–H and O–H groups in total. The molecule has 3 aromatic rings. The van der Waals surface area contributed by atoms with E-state index in [9.17, 15) is 14.7 Å². The highest BCUT2D eigenvalue weighted by Crippen LogP contribution is 2.42. The first-order valence-corrected chi connectivity index (χ1v) is 13.2. The van der Waals surface area contributed by atoms with Crippen LogP contribution >= 0.6 is 0 Å². The number of aliphatic hydroxyl groups excluding tert-OH is 1. The molecule has 41 heavy (non-hydrogen) atoms. The maximum atomic E-state index is 14.0. The van der Waals surface area contributed by atoms with Gasteiger partial charge < -0.3 is 29.6 Å². The van der Waals surface area contributed by atoms with Gasteiger partial charge in [-0.15, -0.1) is 0 Å². The molecule has 10 nitrogen and oxygen atoms in total. The van der Waals surface area contributed by atoms with Crippen LogP contribution in [0.15, 0.2) is 78.9 Å². The summed E-state index contributed by atoms with van der Waals surface area (Å²) < 4.78 is 16.5. The Morgan fingerprint density at radius 2 is 1.49 bits per heavy atom. The number of methoxy groups -OCH3 is 3. The predicted molar refractivity (Wildman–Crippen MR) is 156 cm³/mol. The summed E-state index contributed by atoms with van der Waals surface area (Å²) in [5, 5.41) is 13.3. The fourth-order valence-corrected chi connectivity index (χ4v) is 5.36. The number of para-hydroxylation sites is 1. The number of benzene rings is 3. The van der Waals surface area contributed by atoms with Crippen molar-refractivity contribution in [2.24, 2.45) is 5.92 Å². The number of anilines is 3. The molecule has 0 aromatic heterocycles. The van der Waals surface area contributed by atoms with Gasteiger partial charge in [0.1, 0.15) is 6.04 Å². The Morgan fingerprint density at radius 3 is 2.05 bits per heavy atom. The Hall–Kier alpha value is -4.54. The molecule has 2 amide bonds. The van der Waals surface area contributed by atoms with Gasteiger partial charge in [0.15, 0.2) is 11.5 Å². The van der Waals surface area contributed by atoms with E-state index in [1.807, 2.05) is 49.3 Å². The van der Waals surface area contributed by atoms with Crippen molar-refractivity contribution >= 4 is 28.9 Å². The standard InChI is InChI=1S/C31H34N4O6/c1-33(2)21-13-11-19(12-14-21)28(36)24-16-15-23-27(31(38)34(30(23)37)22-9-7-6-8-10-22)35(24)32-20-17-25(39-3)29(41-5)26(18-20)40-4/h6-18,23-24,27-28,32,36H,1-5H3. The van der Waals surface area contributed by atoms with Gasteiger partial charge in [0.05, 0.1) is 50.8 Å². The molecule has 10 heteroatoms. The molecule has 4 unspecified atom stereocenters. The average Bonchev–Trinajstić information content (AvgIpc) is 3.26. The summed E-state index contributed by atoms with van der Waals surface area (Å²) in [5.41, 5.74) is 5.97. The van der Waals surface area contributed by atoms with Gasteiger partial charge in [0, 0.05) is 31.9 Å². The summed E-state index contributed by atoms with van der Waals surface area (Å²) in [7, 11) is 8.44. The molecule has 1 saturated heterocycles. The molecule has 4 atom stereocenters. The van der Waals surface area contributed by atoms with Crippen LogP contribution in [0.2, 0.25) is 0 Å². The number of imide groups is 1. The Labute approximate surface area is 239 Å². The van der Waals surface area contributed by atoms with Gasteiger partial charge in [0.2, 0.25) is 11.7 Å². The topological polar surface area (TPSA) is 104 Å². The van der Waals surface area contributed by atoms with Crippen LogP contribution in [0, 0.1) is 5.92 Å². The minimum atomic E-state index is -1.02. The quantitative estimate of drug-likeness (QED) is 0.301. The molecule has 0 radical (unpaired) electrons. The second-order valence-electron chi connectivity index (χ2n) is 10.1. The van der Waals surface area contributed by atoms with Crippen molar-refractivity contribution in [3.8, 4) is 17.2 Å². The molecule has 3 aromatic carbocycles. The van der Waals surface area contributed by atoms with Gasteiger partial charge in [-0.2, -0.15) is 0 Å². The maximum Gasteiger partial charge on any atom is 0.254 e. The minimum Gasteiger partial charge on any atom is -0.493 e. The molecule has 0 aliphatic carbocycles. The van der Waals surface area contributed by atoms with E-state index >= 15 is 0 Å². The van der Waals surface area contributed by atoms with Gasteiger partial charge in [-0.25, -0.2) is 9.91 Å². The number of carbonyl (C=O) groups excluding carboxylic acids is 2. The number of hydrogen-bond donors (Lipinski definition) is 2. The highest BCUT2D eigenvalue weighted by atomic mass is 16.5. The van der Waals surface area contributed by atoms with E-state index in [2.05, 4.69) is 5.43 Å². The van der Waals surface area contributed by atoms with Crippen LogP contribution in [-0.2, 0) is 9.59 Å². The number of carbonyl (C=O) groups is 2. The van der Waals surface area contributed by atoms with Gasteiger partial charge in [-0.3, -0.25) is 9.59 Å². The Kier molecular flexibility index (Phi) is 7.87. The van der Waals surface area contributed by atoms with E-state index < -0.39 is 30.0 Å². The number of ether oxygens (including phenoxy) is 3. The first kappa shape index (κ1) is 28.0. The van der Waals surface area contributed by atoms with Crippen molar-refractivity contribution in [1.82, 2.24) is 5.01 Å². The van der Waals surface area contributed by atoms with Gasteiger partial charge in [-0.1, -0.05) is 42.5 Å². The number of fused-ring (bicyclic) bond motifs is 1. The third-order valence-electron chi connectivity index (χ3n) is 7.47. The Morgan fingerprint density at radius 1 is 0.854 bits per heavy atom. The van der Waals surface area contributed by atoms with Crippen molar-refractivity contribution < 1.29 is 28.9 Å². The lowest BCUT2D eigenvalue weighted by atomic mass is 9.90. The summed E-state index contributed by atoms with van der Waals surface area (Å²) in [5.74, 6) is -0.240. The van der Waals surface area contributed by atoms with E-state index in [4.69, 9.17) is 14.2 Å². The lowest BCUT2D eigenvalue weighted by Crippen LogP contribution is -2.55. The highest BCUT2D eigenvalue weighted by molar-refractivity contribution is 6.24. The average molecular weight is 559 g/mol. The van der Waals surface area contributed by atoms with Crippen molar-refractivity contribution in [2.75, 3.05) is 50.7 Å². The normalized spacial score (nSPS) is 20.9. The highest BCUT2D eigenvalue weighted by Gasteiger charge is 2.54. The van der Waals surface area contributed by atoms with Crippen LogP contribution in [0.1, 0.15) is 11.7 Å². The van der Waals surface area contributed by atoms with Gasteiger partial charge in [-0.05, 0) is 29.8 Å². The number of aliphatic hydroxyl groups is 1. The molecule has 214 valence electrons. The monoisotopic (exact) mass is 558 g/mol. The number of amides is 2. The van der Waals surface area contributed by atoms with E-state index in [1.165, 1.54) is 26.2 Å². The van der Waals surface area contributed by atoms with Crippen LogP contribution < -0.4 is 29.4 Å². The zero-order chi connectivity index (χ0) is 29.3. The third kappa shape index (κ3) is 5.07. The zero-order valence-corrected chi connectivity index (χ0v) is 23.6. The van der Waals surface area contributed by atoms with E-state index in [-0.39, 0.29) is 5.91 Å². The first-order chi connectivity index (χ1) is 19.8. The van der Waals surface area contributed by atoms with Crippen LogP contribution in [0.25, 0.3) is 0 Å². The minimum absolute atomic E-state index is 0.331. The summed E-state index contributed by atoms with van der Waals surface area (Å²) in [6.45, 7) is 0. The molecule has 0 bridgehead atoms. The summed E-state index contributed by atoms with van der Waals surface area (Å²) in [6, 6.07) is 18.2. The van der Waals surface area contributed by atoms with Crippen LogP contribution in [0.5, 0.6) is 17.2 Å². The SMILES string of the molecule is COc1cc(NN2C(C(O)c3ccc(N(C)C)cc3)C=CC3C(=O)N(c4ccccc4)C(=O)C32)cc(OC)c1OC. The molecule has 0 saturated carbocycles. The summed E-state index contributed by atoms with van der Waals surface area (Å²) in [6.07, 6.45) is 2.48. The largest absolute Gasteiger partial charge is 0.493 e. The van der Waals surface area contributed by atoms with E-state index in [0.29, 0.717) is 34.2 Å². The second kappa shape index (κ2) is 11.5. The summed E-state index contributed by atoms with van der Waals surface area (Å²) >= 11 is 0. The molecule has 0 spiro atoms. The fourth-order valence-electron chi connectivity index (χ4n) is 5.36. The van der Waals surface area contributed by atoms with Crippen molar-refractivity contribution in [2.45, 2.75) is 18.2 Å².